The third-order valence-electron chi connectivity index (χ3n) is 4.83. The Morgan fingerprint density at radius 2 is 1.79 bits per heavy atom. The SMILES string of the molecule is COCCOc1ccc(CNC(=O)N2C[C@H]3CC=CC[C@@H]3C2)cc1. The predicted octanol–water partition coefficient (Wildman–Crippen LogP) is 2.82. The molecule has 0 saturated carbocycles. The van der Waals surface area contributed by atoms with Crippen molar-refractivity contribution in [1.82, 2.24) is 10.2 Å². The Balaban J connectivity index is 1.43. The van der Waals surface area contributed by atoms with Crippen LogP contribution in [0.4, 0.5) is 4.79 Å². The Kier molecular flexibility index (Phi) is 5.75. The summed E-state index contributed by atoms with van der Waals surface area (Å²) >= 11 is 0. The molecule has 0 bridgehead atoms. The lowest BCUT2D eigenvalue weighted by molar-refractivity contribution is 0.146. The molecule has 1 aliphatic carbocycles. The van der Waals surface area contributed by atoms with Crippen LogP contribution < -0.4 is 10.1 Å². The van der Waals surface area contributed by atoms with E-state index in [1.54, 1.807) is 7.11 Å². The zero-order valence-electron chi connectivity index (χ0n) is 14.2. The molecule has 0 unspecified atom stereocenters. The third kappa shape index (κ3) is 4.29. The molecule has 1 N–H and O–H groups in total. The molecule has 1 fully saturated rings. The lowest BCUT2D eigenvalue weighted by Crippen LogP contribution is -2.38. The molecule has 0 radical (unpaired) electrons. The minimum absolute atomic E-state index is 0.0461. The molecule has 1 heterocycles. The maximum Gasteiger partial charge on any atom is 0.317 e. The molecular weight excluding hydrogens is 304 g/mol. The van der Waals surface area contributed by atoms with E-state index in [0.29, 0.717) is 31.6 Å². The first kappa shape index (κ1) is 16.8. The maximum absolute atomic E-state index is 12.4. The van der Waals surface area contributed by atoms with Crippen LogP contribution in [0.15, 0.2) is 36.4 Å². The highest BCUT2D eigenvalue weighted by Gasteiger charge is 2.34. The summed E-state index contributed by atoms with van der Waals surface area (Å²) in [6.07, 6.45) is 6.72. The second-order valence-electron chi connectivity index (χ2n) is 6.51. The number of likely N-dealkylation sites (tertiary alicyclic amines) is 1. The molecule has 0 aromatic heterocycles. The van der Waals surface area contributed by atoms with Gasteiger partial charge in [0.25, 0.3) is 0 Å². The number of carbonyl (C=O) groups is 1. The number of hydrogen-bond acceptors (Lipinski definition) is 3. The zero-order chi connectivity index (χ0) is 16.8. The number of fused-ring (bicyclic) bond motifs is 1. The van der Waals surface area contributed by atoms with E-state index in [1.807, 2.05) is 29.2 Å². The summed E-state index contributed by atoms with van der Waals surface area (Å²) in [5.41, 5.74) is 1.07. The van der Waals surface area contributed by atoms with Gasteiger partial charge in [0.05, 0.1) is 6.61 Å². The molecule has 24 heavy (non-hydrogen) atoms. The van der Waals surface area contributed by atoms with Crippen LogP contribution in [0.2, 0.25) is 0 Å². The average Bonchev–Trinajstić information content (AvgIpc) is 3.05. The molecule has 2 amide bonds. The first-order valence-corrected chi connectivity index (χ1v) is 8.64. The van der Waals surface area contributed by atoms with Gasteiger partial charge in [-0.1, -0.05) is 24.3 Å². The highest BCUT2D eigenvalue weighted by Crippen LogP contribution is 2.32. The number of nitrogens with one attached hydrogen (secondary N) is 1. The number of amides is 2. The fourth-order valence-corrected chi connectivity index (χ4v) is 3.42. The van der Waals surface area contributed by atoms with Crippen molar-refractivity contribution in [2.75, 3.05) is 33.4 Å². The minimum atomic E-state index is 0.0461. The van der Waals surface area contributed by atoms with Crippen LogP contribution in [0.25, 0.3) is 0 Å². The third-order valence-corrected chi connectivity index (χ3v) is 4.83. The molecule has 1 saturated heterocycles. The van der Waals surface area contributed by atoms with E-state index in [0.717, 1.165) is 37.2 Å². The number of carbonyl (C=O) groups excluding carboxylic acids is 1. The molecule has 3 rings (SSSR count). The number of methoxy groups -OCH3 is 1. The standard InChI is InChI=1S/C19H26N2O3/c1-23-10-11-24-18-8-6-15(7-9-18)12-20-19(22)21-13-16-4-2-3-5-17(16)14-21/h2-3,6-9,16-17H,4-5,10-14H2,1H3,(H,20,22)/t16-,17-/m1/s1. The summed E-state index contributed by atoms with van der Waals surface area (Å²) < 4.78 is 10.5. The average molecular weight is 330 g/mol. The van der Waals surface area contributed by atoms with Gasteiger partial charge in [0.2, 0.25) is 0 Å². The lowest BCUT2D eigenvalue weighted by atomic mass is 9.86. The van der Waals surface area contributed by atoms with Gasteiger partial charge in [-0.3, -0.25) is 0 Å². The van der Waals surface area contributed by atoms with Crippen LogP contribution in [-0.4, -0.2) is 44.3 Å². The molecule has 0 spiro atoms. The van der Waals surface area contributed by atoms with Gasteiger partial charge in [-0.2, -0.15) is 0 Å². The number of urea groups is 1. The van der Waals surface area contributed by atoms with Gasteiger partial charge >= 0.3 is 6.03 Å². The first-order chi connectivity index (χ1) is 11.8. The topological polar surface area (TPSA) is 50.8 Å². The van der Waals surface area contributed by atoms with E-state index < -0.39 is 0 Å². The van der Waals surface area contributed by atoms with Gasteiger partial charge in [0.15, 0.2) is 0 Å². The van der Waals surface area contributed by atoms with E-state index in [9.17, 15) is 4.79 Å². The highest BCUT2D eigenvalue weighted by atomic mass is 16.5. The van der Waals surface area contributed by atoms with Crippen molar-refractivity contribution in [3.8, 4) is 5.75 Å². The summed E-state index contributed by atoms with van der Waals surface area (Å²) in [5.74, 6) is 2.10. The van der Waals surface area contributed by atoms with Crippen molar-refractivity contribution in [3.05, 3.63) is 42.0 Å². The van der Waals surface area contributed by atoms with Crippen molar-refractivity contribution in [3.63, 3.8) is 0 Å². The number of ether oxygens (including phenoxy) is 2. The molecule has 1 aromatic rings. The summed E-state index contributed by atoms with van der Waals surface area (Å²) in [4.78, 5) is 14.3. The Labute approximate surface area is 143 Å². The molecule has 5 heteroatoms. The van der Waals surface area contributed by atoms with Gasteiger partial charge in [-0.15, -0.1) is 0 Å². The second kappa shape index (κ2) is 8.20. The van der Waals surface area contributed by atoms with Crippen molar-refractivity contribution in [2.24, 2.45) is 11.8 Å². The molecular formula is C19H26N2O3. The monoisotopic (exact) mass is 330 g/mol. The predicted molar refractivity (Wildman–Crippen MR) is 93.0 cm³/mol. The van der Waals surface area contributed by atoms with Crippen molar-refractivity contribution in [1.29, 1.82) is 0 Å². The summed E-state index contributed by atoms with van der Waals surface area (Å²) in [6.45, 7) is 3.42. The van der Waals surface area contributed by atoms with Gasteiger partial charge in [-0.25, -0.2) is 4.79 Å². The normalized spacial score (nSPS) is 22.3. The van der Waals surface area contributed by atoms with E-state index in [-0.39, 0.29) is 6.03 Å². The molecule has 2 aliphatic rings. The van der Waals surface area contributed by atoms with E-state index >= 15 is 0 Å². The van der Waals surface area contributed by atoms with Crippen molar-refractivity contribution >= 4 is 6.03 Å². The second-order valence-corrected chi connectivity index (χ2v) is 6.51. The largest absolute Gasteiger partial charge is 0.491 e. The molecule has 130 valence electrons. The Morgan fingerprint density at radius 1 is 1.12 bits per heavy atom. The Bertz CT molecular complexity index is 554. The Morgan fingerprint density at radius 3 is 2.42 bits per heavy atom. The Hall–Kier alpha value is -2.01. The maximum atomic E-state index is 12.4. The van der Waals surface area contributed by atoms with Crippen LogP contribution in [0.1, 0.15) is 18.4 Å². The van der Waals surface area contributed by atoms with Gasteiger partial charge in [-0.05, 0) is 42.4 Å². The van der Waals surface area contributed by atoms with Crippen LogP contribution in [0.3, 0.4) is 0 Å². The summed E-state index contributed by atoms with van der Waals surface area (Å²) in [7, 11) is 1.65. The van der Waals surface area contributed by atoms with Crippen LogP contribution in [0, 0.1) is 11.8 Å². The zero-order valence-corrected chi connectivity index (χ0v) is 14.2. The van der Waals surface area contributed by atoms with Crippen LogP contribution >= 0.6 is 0 Å². The van der Waals surface area contributed by atoms with Crippen molar-refractivity contribution < 1.29 is 14.3 Å². The number of benzene rings is 1. The summed E-state index contributed by atoms with van der Waals surface area (Å²) in [6, 6.07) is 7.86. The van der Waals surface area contributed by atoms with Crippen molar-refractivity contribution in [2.45, 2.75) is 19.4 Å². The lowest BCUT2D eigenvalue weighted by Gasteiger charge is -2.17. The van der Waals surface area contributed by atoms with E-state index in [4.69, 9.17) is 9.47 Å². The smallest absolute Gasteiger partial charge is 0.317 e. The number of rotatable bonds is 6. The summed E-state index contributed by atoms with van der Waals surface area (Å²) in [5, 5.41) is 3.03. The van der Waals surface area contributed by atoms with Gasteiger partial charge < -0.3 is 19.7 Å². The van der Waals surface area contributed by atoms with E-state index in [1.165, 1.54) is 0 Å². The minimum Gasteiger partial charge on any atom is -0.491 e. The quantitative estimate of drug-likeness (QED) is 0.644. The van der Waals surface area contributed by atoms with Gasteiger partial charge in [0, 0.05) is 26.7 Å². The molecule has 1 aliphatic heterocycles. The van der Waals surface area contributed by atoms with Crippen LogP contribution in [0.5, 0.6) is 5.75 Å². The number of allylic oxidation sites excluding steroid dienone is 2. The highest BCUT2D eigenvalue weighted by molar-refractivity contribution is 5.74. The molecule has 1 aromatic carbocycles. The van der Waals surface area contributed by atoms with Crippen LogP contribution in [-0.2, 0) is 11.3 Å². The first-order valence-electron chi connectivity index (χ1n) is 8.64. The molecule has 5 nitrogen and oxygen atoms in total. The fourth-order valence-electron chi connectivity index (χ4n) is 3.42. The molecule has 2 atom stereocenters. The van der Waals surface area contributed by atoms with Gasteiger partial charge in [0.1, 0.15) is 12.4 Å². The number of nitrogens with zero attached hydrogens (tertiary/aromatic N) is 1. The van der Waals surface area contributed by atoms with E-state index in [2.05, 4.69) is 17.5 Å². The fraction of sp³-hybridized carbons (Fsp3) is 0.526. The number of hydrogen-bond donors (Lipinski definition) is 1.